The van der Waals surface area contributed by atoms with E-state index in [9.17, 15) is 8.42 Å². The minimum atomic E-state index is -3.15. The van der Waals surface area contributed by atoms with Crippen molar-refractivity contribution in [3.63, 3.8) is 0 Å². The monoisotopic (exact) mass is 311 g/mol. The van der Waals surface area contributed by atoms with Gasteiger partial charge in [-0.05, 0) is 40.5 Å². The minimum Gasteiger partial charge on any atom is -0.212 e. The lowest BCUT2D eigenvalue weighted by molar-refractivity contribution is 0.582. The van der Waals surface area contributed by atoms with E-state index in [1.807, 2.05) is 6.07 Å². The number of hydrogen-bond donors (Lipinski definition) is 1. The number of rotatable bonds is 4. The molecule has 0 bridgehead atoms. The number of nitrogens with one attached hydrogen (secondary N) is 1. The van der Waals surface area contributed by atoms with Gasteiger partial charge in [-0.1, -0.05) is 17.7 Å². The Bertz CT molecular complexity index is 447. The molecular weight excluding hydrogens is 302 g/mol. The zero-order valence-electron chi connectivity index (χ0n) is 8.13. The van der Waals surface area contributed by atoms with Crippen molar-refractivity contribution in [2.45, 2.75) is 13.5 Å². The highest BCUT2D eigenvalue weighted by atomic mass is 79.9. The maximum Gasteiger partial charge on any atom is 0.211 e. The second kappa shape index (κ2) is 5.30. The summed E-state index contributed by atoms with van der Waals surface area (Å²) >= 11 is 9.14. The highest BCUT2D eigenvalue weighted by Crippen LogP contribution is 2.23. The Kier molecular flexibility index (Phi) is 4.58. The van der Waals surface area contributed by atoms with Crippen molar-refractivity contribution in [2.24, 2.45) is 0 Å². The van der Waals surface area contributed by atoms with E-state index in [-0.39, 0.29) is 12.3 Å². The van der Waals surface area contributed by atoms with Crippen LogP contribution in [0.4, 0.5) is 0 Å². The SMILES string of the molecule is CCS(=O)(=O)NCc1ccc(Br)c(Cl)c1. The summed E-state index contributed by atoms with van der Waals surface area (Å²) in [7, 11) is -3.15. The normalized spacial score (nSPS) is 11.7. The molecule has 84 valence electrons. The van der Waals surface area contributed by atoms with Crippen LogP contribution in [0.1, 0.15) is 12.5 Å². The number of halogens is 2. The van der Waals surface area contributed by atoms with Crippen molar-refractivity contribution in [3.05, 3.63) is 33.3 Å². The molecule has 6 heteroatoms. The van der Waals surface area contributed by atoms with Crippen molar-refractivity contribution >= 4 is 37.6 Å². The van der Waals surface area contributed by atoms with Gasteiger partial charge in [-0.3, -0.25) is 0 Å². The van der Waals surface area contributed by atoms with Gasteiger partial charge < -0.3 is 0 Å². The molecule has 0 radical (unpaired) electrons. The van der Waals surface area contributed by atoms with Gasteiger partial charge in [0.1, 0.15) is 0 Å². The Morgan fingerprint density at radius 1 is 1.47 bits per heavy atom. The first-order valence-electron chi connectivity index (χ1n) is 4.36. The number of hydrogen-bond acceptors (Lipinski definition) is 2. The smallest absolute Gasteiger partial charge is 0.211 e. The fraction of sp³-hybridized carbons (Fsp3) is 0.333. The summed E-state index contributed by atoms with van der Waals surface area (Å²) in [6.45, 7) is 1.86. The quantitative estimate of drug-likeness (QED) is 0.928. The lowest BCUT2D eigenvalue weighted by atomic mass is 10.2. The summed E-state index contributed by atoms with van der Waals surface area (Å²) in [6.07, 6.45) is 0. The van der Waals surface area contributed by atoms with Crippen molar-refractivity contribution in [1.82, 2.24) is 4.72 Å². The molecular formula is C9H11BrClNO2S. The van der Waals surface area contributed by atoms with E-state index >= 15 is 0 Å². The summed E-state index contributed by atoms with van der Waals surface area (Å²) in [6, 6.07) is 5.33. The van der Waals surface area contributed by atoms with Gasteiger partial charge in [0.05, 0.1) is 10.8 Å². The summed E-state index contributed by atoms with van der Waals surface area (Å²) in [4.78, 5) is 0. The first kappa shape index (κ1) is 13.0. The molecule has 1 aromatic rings. The zero-order valence-corrected chi connectivity index (χ0v) is 11.3. The molecule has 0 atom stereocenters. The topological polar surface area (TPSA) is 46.2 Å². The third-order valence-corrected chi connectivity index (χ3v) is 4.44. The van der Waals surface area contributed by atoms with E-state index in [1.165, 1.54) is 0 Å². The lowest BCUT2D eigenvalue weighted by Gasteiger charge is -2.05. The van der Waals surface area contributed by atoms with E-state index in [0.29, 0.717) is 5.02 Å². The maximum atomic E-state index is 11.2. The van der Waals surface area contributed by atoms with Gasteiger partial charge >= 0.3 is 0 Å². The molecule has 1 N–H and O–H groups in total. The van der Waals surface area contributed by atoms with Crippen LogP contribution in [-0.2, 0) is 16.6 Å². The average molecular weight is 313 g/mol. The zero-order chi connectivity index (χ0) is 11.5. The second-order valence-corrected chi connectivity index (χ2v) is 6.33. The number of sulfonamides is 1. The molecule has 1 aromatic carbocycles. The van der Waals surface area contributed by atoms with E-state index in [4.69, 9.17) is 11.6 Å². The van der Waals surface area contributed by atoms with Crippen molar-refractivity contribution in [1.29, 1.82) is 0 Å². The van der Waals surface area contributed by atoms with Crippen LogP contribution in [0, 0.1) is 0 Å². The predicted molar refractivity (Wildman–Crippen MR) is 65.5 cm³/mol. The fourth-order valence-corrected chi connectivity index (χ4v) is 1.99. The molecule has 0 aliphatic heterocycles. The third-order valence-electron chi connectivity index (χ3n) is 1.86. The molecule has 0 saturated heterocycles. The lowest BCUT2D eigenvalue weighted by Crippen LogP contribution is -2.24. The Hall–Kier alpha value is -0.100. The molecule has 0 aromatic heterocycles. The molecule has 1 rings (SSSR count). The van der Waals surface area contributed by atoms with E-state index in [2.05, 4.69) is 20.7 Å². The Labute approximate surface area is 103 Å². The first-order chi connectivity index (χ1) is 6.94. The van der Waals surface area contributed by atoms with Crippen LogP contribution >= 0.6 is 27.5 Å². The molecule has 0 fully saturated rings. The molecule has 0 saturated carbocycles. The standard InChI is InChI=1S/C9H11BrClNO2S/c1-2-15(13,14)12-6-7-3-4-8(10)9(11)5-7/h3-5,12H,2,6H2,1H3. The van der Waals surface area contributed by atoms with E-state index in [1.54, 1.807) is 19.1 Å². The van der Waals surface area contributed by atoms with Gasteiger partial charge in [-0.25, -0.2) is 13.1 Å². The highest BCUT2D eigenvalue weighted by molar-refractivity contribution is 9.10. The largest absolute Gasteiger partial charge is 0.212 e. The average Bonchev–Trinajstić information content (AvgIpc) is 2.20. The van der Waals surface area contributed by atoms with Crippen LogP contribution in [0.2, 0.25) is 5.02 Å². The summed E-state index contributed by atoms with van der Waals surface area (Å²) in [5.74, 6) is 0.0806. The van der Waals surface area contributed by atoms with Crippen molar-refractivity contribution in [2.75, 3.05) is 5.75 Å². The molecule has 3 nitrogen and oxygen atoms in total. The van der Waals surface area contributed by atoms with Crippen LogP contribution in [0.25, 0.3) is 0 Å². The molecule has 0 spiro atoms. The van der Waals surface area contributed by atoms with E-state index < -0.39 is 10.0 Å². The molecule has 0 unspecified atom stereocenters. The van der Waals surface area contributed by atoms with Gasteiger partial charge in [0.25, 0.3) is 0 Å². The Morgan fingerprint density at radius 2 is 2.13 bits per heavy atom. The molecule has 0 heterocycles. The highest BCUT2D eigenvalue weighted by Gasteiger charge is 2.06. The second-order valence-electron chi connectivity index (χ2n) is 2.97. The van der Waals surface area contributed by atoms with Crippen LogP contribution in [0.15, 0.2) is 22.7 Å². The van der Waals surface area contributed by atoms with Crippen LogP contribution in [0.3, 0.4) is 0 Å². The van der Waals surface area contributed by atoms with Gasteiger partial charge in [0, 0.05) is 11.0 Å². The maximum absolute atomic E-state index is 11.2. The van der Waals surface area contributed by atoms with E-state index in [0.717, 1.165) is 10.0 Å². The summed E-state index contributed by atoms with van der Waals surface area (Å²) < 4.78 is 25.6. The molecule has 0 aliphatic rings. The van der Waals surface area contributed by atoms with Gasteiger partial charge in [0.2, 0.25) is 10.0 Å². The van der Waals surface area contributed by atoms with Gasteiger partial charge in [0.15, 0.2) is 0 Å². The van der Waals surface area contributed by atoms with Crippen LogP contribution in [-0.4, -0.2) is 14.2 Å². The summed E-state index contributed by atoms with van der Waals surface area (Å²) in [5.41, 5.74) is 0.834. The summed E-state index contributed by atoms with van der Waals surface area (Å²) in [5, 5.41) is 0.572. The Balaban J connectivity index is 2.71. The number of benzene rings is 1. The molecule has 15 heavy (non-hydrogen) atoms. The van der Waals surface area contributed by atoms with Crippen LogP contribution < -0.4 is 4.72 Å². The minimum absolute atomic E-state index is 0.0806. The molecule has 0 amide bonds. The molecule has 0 aliphatic carbocycles. The van der Waals surface area contributed by atoms with Gasteiger partial charge in [-0.2, -0.15) is 0 Å². The van der Waals surface area contributed by atoms with Crippen molar-refractivity contribution in [3.8, 4) is 0 Å². The third kappa shape index (κ3) is 4.10. The van der Waals surface area contributed by atoms with Crippen LogP contribution in [0.5, 0.6) is 0 Å². The predicted octanol–water partition coefficient (Wildman–Crippen LogP) is 2.54. The fourth-order valence-electron chi connectivity index (χ4n) is 0.945. The Morgan fingerprint density at radius 3 is 2.67 bits per heavy atom. The first-order valence-corrected chi connectivity index (χ1v) is 7.18. The van der Waals surface area contributed by atoms with Crippen molar-refractivity contribution < 1.29 is 8.42 Å². The van der Waals surface area contributed by atoms with Gasteiger partial charge in [-0.15, -0.1) is 0 Å².